The Morgan fingerprint density at radius 1 is 1.10 bits per heavy atom. The molecular formula is C15H14Br2N2O. The lowest BCUT2D eigenvalue weighted by molar-refractivity contribution is 0.102. The normalized spacial score (nSPS) is 10.2. The minimum absolute atomic E-state index is 0.151. The van der Waals surface area contributed by atoms with Gasteiger partial charge in [-0.15, -0.1) is 0 Å². The van der Waals surface area contributed by atoms with Crippen molar-refractivity contribution in [2.24, 2.45) is 0 Å². The van der Waals surface area contributed by atoms with E-state index in [4.69, 9.17) is 0 Å². The zero-order valence-electron chi connectivity index (χ0n) is 11.1. The summed E-state index contributed by atoms with van der Waals surface area (Å²) >= 11 is 6.87. The van der Waals surface area contributed by atoms with Gasteiger partial charge in [-0.1, -0.05) is 12.1 Å². The molecule has 3 nitrogen and oxygen atoms in total. The van der Waals surface area contributed by atoms with Crippen molar-refractivity contribution in [2.45, 2.75) is 6.92 Å². The number of benzene rings is 2. The molecule has 0 aliphatic carbocycles. The smallest absolute Gasteiger partial charge is 0.257 e. The van der Waals surface area contributed by atoms with Crippen molar-refractivity contribution in [3.8, 4) is 0 Å². The molecule has 0 atom stereocenters. The molecule has 0 spiro atoms. The molecule has 0 aliphatic heterocycles. The molecule has 20 heavy (non-hydrogen) atoms. The first-order valence-electron chi connectivity index (χ1n) is 6.06. The van der Waals surface area contributed by atoms with E-state index in [0.717, 1.165) is 25.9 Å². The number of para-hydroxylation sites is 1. The zero-order valence-corrected chi connectivity index (χ0v) is 14.3. The Morgan fingerprint density at radius 2 is 1.75 bits per heavy atom. The maximum atomic E-state index is 12.4. The maximum Gasteiger partial charge on any atom is 0.257 e. The van der Waals surface area contributed by atoms with Crippen molar-refractivity contribution in [3.05, 3.63) is 56.5 Å². The number of hydrogen-bond acceptors (Lipinski definition) is 2. The highest BCUT2D eigenvalue weighted by atomic mass is 79.9. The summed E-state index contributed by atoms with van der Waals surface area (Å²) in [5.74, 6) is -0.151. The Labute approximate surface area is 135 Å². The van der Waals surface area contributed by atoms with Crippen LogP contribution in [0.3, 0.4) is 0 Å². The van der Waals surface area contributed by atoms with Crippen molar-refractivity contribution in [1.29, 1.82) is 0 Å². The van der Waals surface area contributed by atoms with Gasteiger partial charge in [0.25, 0.3) is 5.91 Å². The van der Waals surface area contributed by atoms with E-state index in [1.807, 2.05) is 43.3 Å². The Bertz CT molecular complexity index is 636. The van der Waals surface area contributed by atoms with E-state index >= 15 is 0 Å². The van der Waals surface area contributed by atoms with E-state index in [9.17, 15) is 4.79 Å². The molecule has 0 saturated carbocycles. The summed E-state index contributed by atoms with van der Waals surface area (Å²) in [5, 5.41) is 5.96. The summed E-state index contributed by atoms with van der Waals surface area (Å²) in [6.07, 6.45) is 0. The first kappa shape index (κ1) is 15.1. The van der Waals surface area contributed by atoms with E-state index in [1.54, 1.807) is 7.05 Å². The number of halogens is 2. The summed E-state index contributed by atoms with van der Waals surface area (Å²) in [6.45, 7) is 1.99. The molecule has 0 radical (unpaired) electrons. The molecule has 1 amide bonds. The number of nitrogens with one attached hydrogen (secondary N) is 2. The van der Waals surface area contributed by atoms with Crippen LogP contribution in [0.5, 0.6) is 0 Å². The number of carbonyl (C=O) groups is 1. The number of carbonyl (C=O) groups excluding carboxylic acids is 1. The minimum atomic E-state index is -0.151. The molecule has 0 unspecified atom stereocenters. The molecule has 5 heteroatoms. The van der Waals surface area contributed by atoms with Gasteiger partial charge in [0.05, 0.1) is 11.3 Å². The number of anilines is 2. The van der Waals surface area contributed by atoms with Crippen LogP contribution < -0.4 is 10.6 Å². The molecule has 2 N–H and O–H groups in total. The minimum Gasteiger partial charge on any atom is -0.387 e. The molecule has 0 aliphatic rings. The van der Waals surface area contributed by atoms with Gasteiger partial charge in [-0.05, 0) is 68.6 Å². The highest BCUT2D eigenvalue weighted by molar-refractivity contribution is 9.11. The summed E-state index contributed by atoms with van der Waals surface area (Å²) in [4.78, 5) is 12.4. The van der Waals surface area contributed by atoms with Gasteiger partial charge in [0.1, 0.15) is 0 Å². The Balaban J connectivity index is 2.33. The molecular weight excluding hydrogens is 384 g/mol. The third-order valence-corrected chi connectivity index (χ3v) is 4.21. The van der Waals surface area contributed by atoms with Gasteiger partial charge in [0, 0.05) is 21.7 Å². The third-order valence-electron chi connectivity index (χ3n) is 2.89. The molecule has 104 valence electrons. The summed E-state index contributed by atoms with van der Waals surface area (Å²) < 4.78 is 1.66. The fourth-order valence-corrected chi connectivity index (χ4v) is 3.06. The lowest BCUT2D eigenvalue weighted by atomic mass is 10.1. The van der Waals surface area contributed by atoms with Gasteiger partial charge in [-0.2, -0.15) is 0 Å². The lowest BCUT2D eigenvalue weighted by Crippen LogP contribution is -2.14. The van der Waals surface area contributed by atoms with E-state index in [1.165, 1.54) is 0 Å². The van der Waals surface area contributed by atoms with Crippen molar-refractivity contribution >= 4 is 49.1 Å². The van der Waals surface area contributed by atoms with Crippen LogP contribution in [0, 0.1) is 6.92 Å². The molecule has 0 saturated heterocycles. The van der Waals surface area contributed by atoms with Crippen LogP contribution in [0.4, 0.5) is 11.4 Å². The van der Waals surface area contributed by atoms with Crippen LogP contribution in [0.1, 0.15) is 15.9 Å². The zero-order chi connectivity index (χ0) is 14.7. The van der Waals surface area contributed by atoms with E-state index in [-0.39, 0.29) is 5.91 Å². The van der Waals surface area contributed by atoms with Gasteiger partial charge in [0.2, 0.25) is 0 Å². The van der Waals surface area contributed by atoms with Crippen LogP contribution in [0.2, 0.25) is 0 Å². The van der Waals surface area contributed by atoms with E-state index in [2.05, 4.69) is 42.5 Å². The van der Waals surface area contributed by atoms with Crippen molar-refractivity contribution in [2.75, 3.05) is 17.7 Å². The van der Waals surface area contributed by atoms with Gasteiger partial charge in [-0.3, -0.25) is 4.79 Å². The fourth-order valence-electron chi connectivity index (χ4n) is 1.86. The van der Waals surface area contributed by atoms with Gasteiger partial charge in [-0.25, -0.2) is 0 Å². The second-order valence-corrected chi connectivity index (χ2v) is 6.06. The second-order valence-electron chi connectivity index (χ2n) is 4.35. The van der Waals surface area contributed by atoms with Gasteiger partial charge < -0.3 is 10.6 Å². The lowest BCUT2D eigenvalue weighted by Gasteiger charge is -2.13. The third kappa shape index (κ3) is 3.22. The Morgan fingerprint density at radius 3 is 2.35 bits per heavy atom. The van der Waals surface area contributed by atoms with Crippen LogP contribution >= 0.6 is 31.9 Å². The first-order valence-corrected chi connectivity index (χ1v) is 7.65. The largest absolute Gasteiger partial charge is 0.387 e. The predicted octanol–water partition coefficient (Wildman–Crippen LogP) is 4.81. The van der Waals surface area contributed by atoms with Crippen molar-refractivity contribution < 1.29 is 4.79 Å². The standard InChI is InChI=1S/C15H14Br2N2O/c1-9-6-7-10(13(8-9)18-2)15(20)19-14-11(16)4-3-5-12(14)17/h3-8,18H,1-2H3,(H,19,20). The van der Waals surface area contributed by atoms with E-state index < -0.39 is 0 Å². The predicted molar refractivity (Wildman–Crippen MR) is 90.5 cm³/mol. The molecule has 2 rings (SSSR count). The van der Waals surface area contributed by atoms with Crippen molar-refractivity contribution in [1.82, 2.24) is 0 Å². The average molecular weight is 398 g/mol. The summed E-state index contributed by atoms with van der Waals surface area (Å²) in [7, 11) is 1.81. The molecule has 0 bridgehead atoms. The Kier molecular flexibility index (Phi) is 4.83. The monoisotopic (exact) mass is 396 g/mol. The van der Waals surface area contributed by atoms with Crippen LogP contribution in [-0.2, 0) is 0 Å². The maximum absolute atomic E-state index is 12.4. The molecule has 2 aromatic rings. The first-order chi connectivity index (χ1) is 9.52. The Hall–Kier alpha value is -1.33. The van der Waals surface area contributed by atoms with Crippen LogP contribution in [0.15, 0.2) is 45.3 Å². The van der Waals surface area contributed by atoms with Gasteiger partial charge >= 0.3 is 0 Å². The van der Waals surface area contributed by atoms with Crippen molar-refractivity contribution in [3.63, 3.8) is 0 Å². The molecule has 0 aromatic heterocycles. The number of hydrogen-bond donors (Lipinski definition) is 2. The molecule has 2 aromatic carbocycles. The van der Waals surface area contributed by atoms with Gasteiger partial charge in [0.15, 0.2) is 0 Å². The quantitative estimate of drug-likeness (QED) is 0.779. The molecule has 0 heterocycles. The number of rotatable bonds is 3. The second kappa shape index (κ2) is 6.41. The topological polar surface area (TPSA) is 41.1 Å². The fraction of sp³-hybridized carbons (Fsp3) is 0.133. The highest BCUT2D eigenvalue weighted by Gasteiger charge is 2.14. The summed E-state index contributed by atoms with van der Waals surface area (Å²) in [5.41, 5.74) is 3.25. The number of amides is 1. The molecule has 0 fully saturated rings. The highest BCUT2D eigenvalue weighted by Crippen LogP contribution is 2.31. The van der Waals surface area contributed by atoms with Crippen LogP contribution in [-0.4, -0.2) is 13.0 Å². The number of aryl methyl sites for hydroxylation is 1. The summed E-state index contributed by atoms with van der Waals surface area (Å²) in [6, 6.07) is 11.4. The van der Waals surface area contributed by atoms with Crippen LogP contribution in [0.25, 0.3) is 0 Å². The SMILES string of the molecule is CNc1cc(C)ccc1C(=O)Nc1c(Br)cccc1Br. The van der Waals surface area contributed by atoms with E-state index in [0.29, 0.717) is 5.56 Å². The average Bonchev–Trinajstić information content (AvgIpc) is 2.42.